The Morgan fingerprint density at radius 2 is 2.16 bits per heavy atom. The van der Waals surface area contributed by atoms with Gasteiger partial charge in [-0.15, -0.1) is 4.28 Å². The molecule has 0 aliphatic carbocycles. The number of rotatable bonds is 2. The van der Waals surface area contributed by atoms with Crippen LogP contribution in [0.3, 0.4) is 0 Å². The van der Waals surface area contributed by atoms with E-state index in [9.17, 15) is 18.0 Å². The number of urea groups is 1. The van der Waals surface area contributed by atoms with E-state index in [-0.39, 0.29) is 12.5 Å². The molecule has 0 radical (unpaired) electrons. The quantitative estimate of drug-likeness (QED) is 0.613. The fraction of sp³-hybridized carbons (Fsp3) is 0.778. The third-order valence-electron chi connectivity index (χ3n) is 3.94. The molecule has 19 heavy (non-hydrogen) atoms. The number of nitrogens with one attached hydrogen (secondary N) is 1. The average molecular weight is 291 g/mol. The first kappa shape index (κ1) is 12.6. The van der Waals surface area contributed by atoms with Crippen molar-refractivity contribution in [3.63, 3.8) is 0 Å². The Labute approximate surface area is 109 Å². The van der Waals surface area contributed by atoms with Crippen LogP contribution in [-0.2, 0) is 19.5 Å². The minimum atomic E-state index is -4.76. The topological polar surface area (TPSA) is 116 Å². The number of piperidine rings is 1. The normalized spacial score (nSPS) is 37.6. The highest BCUT2D eigenvalue weighted by molar-refractivity contribution is 7.80. The predicted octanol–water partition coefficient (Wildman–Crippen LogP) is -1.26. The number of carbonyl (C=O) groups is 2. The molecule has 2 bridgehead atoms. The Morgan fingerprint density at radius 1 is 1.47 bits per heavy atom. The van der Waals surface area contributed by atoms with Crippen LogP contribution >= 0.6 is 0 Å². The fourth-order valence-corrected chi connectivity index (χ4v) is 3.65. The van der Waals surface area contributed by atoms with Crippen LogP contribution in [-0.4, -0.2) is 60.0 Å². The molecule has 0 aromatic carbocycles. The van der Waals surface area contributed by atoms with Gasteiger partial charge in [0, 0.05) is 18.5 Å². The van der Waals surface area contributed by atoms with Crippen LogP contribution in [0.25, 0.3) is 0 Å². The number of nitrogens with zero attached hydrogens (tertiary/aromatic N) is 2. The highest BCUT2D eigenvalue weighted by Crippen LogP contribution is 2.44. The molecule has 3 aliphatic rings. The Bertz CT molecular complexity index is 562. The summed E-state index contributed by atoms with van der Waals surface area (Å²) in [6.07, 6.45) is 0.425. The molecule has 0 aromatic heterocycles. The molecule has 0 unspecified atom stereocenters. The van der Waals surface area contributed by atoms with Crippen molar-refractivity contribution in [3.8, 4) is 0 Å². The van der Waals surface area contributed by atoms with E-state index in [1.807, 2.05) is 6.92 Å². The third-order valence-corrected chi connectivity index (χ3v) is 4.29. The molecule has 0 saturated carbocycles. The van der Waals surface area contributed by atoms with Gasteiger partial charge in [0.1, 0.15) is 6.04 Å². The monoisotopic (exact) mass is 291 g/mol. The lowest BCUT2D eigenvalue weighted by molar-refractivity contribution is -0.125. The van der Waals surface area contributed by atoms with E-state index < -0.39 is 33.9 Å². The molecule has 2 N–H and O–H groups in total. The molecule has 0 aromatic rings. The molecule has 3 heterocycles. The number of hydrogen-bond donors (Lipinski definition) is 2. The SMILES string of the molecule is C[C@]12CNC(=O)[C@H]1N1C[C@@H](C2)N(OS(=O)(=O)O)C1=O. The minimum absolute atomic E-state index is 0.210. The standard InChI is InChI=1S/C9H13N3O6S/c1-9-2-5-3-11(6(9)7(13)10-4-9)8(14)12(5)18-19(15,16)17/h5-6H,2-4H2,1H3,(H,10,13)(H,15,16,17)/t5-,6-,9+/m1/s1. The van der Waals surface area contributed by atoms with Crippen LogP contribution in [0.15, 0.2) is 0 Å². The number of amides is 3. The average Bonchev–Trinajstić information content (AvgIpc) is 2.69. The van der Waals surface area contributed by atoms with Crippen molar-refractivity contribution in [1.29, 1.82) is 0 Å². The second-order valence-corrected chi connectivity index (χ2v) is 6.40. The van der Waals surface area contributed by atoms with Crippen molar-refractivity contribution < 1.29 is 26.8 Å². The van der Waals surface area contributed by atoms with Crippen LogP contribution in [0.1, 0.15) is 13.3 Å². The molecule has 3 rings (SSSR count). The van der Waals surface area contributed by atoms with E-state index in [4.69, 9.17) is 4.55 Å². The van der Waals surface area contributed by atoms with Gasteiger partial charge in [0.15, 0.2) is 0 Å². The summed E-state index contributed by atoms with van der Waals surface area (Å²) in [7, 11) is -4.76. The summed E-state index contributed by atoms with van der Waals surface area (Å²) in [6, 6.07) is -1.83. The van der Waals surface area contributed by atoms with Gasteiger partial charge in [0.25, 0.3) is 0 Å². The molecule has 3 saturated heterocycles. The summed E-state index contributed by atoms with van der Waals surface area (Å²) >= 11 is 0. The van der Waals surface area contributed by atoms with Crippen LogP contribution < -0.4 is 5.32 Å². The second-order valence-electron chi connectivity index (χ2n) is 5.40. The van der Waals surface area contributed by atoms with Crippen molar-refractivity contribution in [2.75, 3.05) is 13.1 Å². The van der Waals surface area contributed by atoms with Gasteiger partial charge in [0.2, 0.25) is 5.91 Å². The van der Waals surface area contributed by atoms with Gasteiger partial charge in [-0.3, -0.25) is 9.35 Å². The maximum atomic E-state index is 12.1. The van der Waals surface area contributed by atoms with E-state index in [0.29, 0.717) is 18.0 Å². The van der Waals surface area contributed by atoms with Crippen LogP contribution in [0, 0.1) is 5.41 Å². The third kappa shape index (κ3) is 1.78. The Balaban J connectivity index is 1.94. The summed E-state index contributed by atoms with van der Waals surface area (Å²) < 4.78 is 34.5. The van der Waals surface area contributed by atoms with Gasteiger partial charge in [-0.25, -0.2) is 4.79 Å². The lowest BCUT2D eigenvalue weighted by Gasteiger charge is -2.38. The van der Waals surface area contributed by atoms with E-state index in [0.717, 1.165) is 0 Å². The van der Waals surface area contributed by atoms with Crippen molar-refractivity contribution in [2.45, 2.75) is 25.4 Å². The van der Waals surface area contributed by atoms with Crippen molar-refractivity contribution in [3.05, 3.63) is 0 Å². The Kier molecular flexibility index (Phi) is 2.38. The van der Waals surface area contributed by atoms with Gasteiger partial charge in [-0.1, -0.05) is 6.92 Å². The number of hydrogen-bond acceptors (Lipinski definition) is 5. The molecule has 0 spiro atoms. The van der Waals surface area contributed by atoms with Crippen molar-refractivity contribution in [1.82, 2.24) is 15.3 Å². The minimum Gasteiger partial charge on any atom is -0.354 e. The van der Waals surface area contributed by atoms with E-state index in [1.165, 1.54) is 4.90 Å². The first-order valence-electron chi connectivity index (χ1n) is 5.76. The van der Waals surface area contributed by atoms with Crippen molar-refractivity contribution in [2.24, 2.45) is 5.41 Å². The summed E-state index contributed by atoms with van der Waals surface area (Å²) in [6.45, 7) is 2.50. The molecule has 3 fully saturated rings. The highest BCUT2D eigenvalue weighted by atomic mass is 32.3. The van der Waals surface area contributed by atoms with E-state index >= 15 is 0 Å². The van der Waals surface area contributed by atoms with Gasteiger partial charge >= 0.3 is 16.4 Å². The highest BCUT2D eigenvalue weighted by Gasteiger charge is 2.60. The summed E-state index contributed by atoms with van der Waals surface area (Å²) in [5.74, 6) is -0.247. The fourth-order valence-electron chi connectivity index (χ4n) is 3.26. The van der Waals surface area contributed by atoms with E-state index in [2.05, 4.69) is 9.60 Å². The largest absolute Gasteiger partial charge is 0.418 e. The van der Waals surface area contributed by atoms with Gasteiger partial charge in [0.05, 0.1) is 6.04 Å². The Morgan fingerprint density at radius 3 is 2.79 bits per heavy atom. The first-order chi connectivity index (χ1) is 8.71. The molecule has 3 amide bonds. The van der Waals surface area contributed by atoms with Crippen molar-refractivity contribution >= 4 is 22.3 Å². The zero-order valence-electron chi connectivity index (χ0n) is 10.1. The molecule has 3 aliphatic heterocycles. The summed E-state index contributed by atoms with van der Waals surface area (Å²) in [5.41, 5.74) is -0.451. The van der Waals surface area contributed by atoms with Crippen LogP contribution in [0.2, 0.25) is 0 Å². The van der Waals surface area contributed by atoms with Crippen LogP contribution in [0.4, 0.5) is 4.79 Å². The zero-order chi connectivity index (χ0) is 14.0. The molecule has 3 atom stereocenters. The number of hydroxylamine groups is 2. The van der Waals surface area contributed by atoms with Gasteiger partial charge in [-0.2, -0.15) is 13.5 Å². The smallest absolute Gasteiger partial charge is 0.354 e. The summed E-state index contributed by atoms with van der Waals surface area (Å²) in [4.78, 5) is 25.2. The molecular weight excluding hydrogens is 278 g/mol. The molecule has 9 nitrogen and oxygen atoms in total. The maximum absolute atomic E-state index is 12.1. The summed E-state index contributed by atoms with van der Waals surface area (Å²) in [5, 5.41) is 3.36. The second kappa shape index (κ2) is 3.58. The molecule has 10 heteroatoms. The molecule has 106 valence electrons. The number of fused-ring (bicyclic) bond motifs is 4. The lowest BCUT2D eigenvalue weighted by Crippen LogP contribution is -2.52. The zero-order valence-corrected chi connectivity index (χ0v) is 10.9. The van der Waals surface area contributed by atoms with E-state index in [1.54, 1.807) is 0 Å². The molecular formula is C9H13N3O6S. The first-order valence-corrected chi connectivity index (χ1v) is 7.12. The Hall–Kier alpha value is -1.39. The predicted molar refractivity (Wildman–Crippen MR) is 59.9 cm³/mol. The maximum Gasteiger partial charge on any atom is 0.418 e. The van der Waals surface area contributed by atoms with Crippen LogP contribution in [0.5, 0.6) is 0 Å². The van der Waals surface area contributed by atoms with Gasteiger partial charge in [-0.05, 0) is 6.42 Å². The number of carbonyl (C=O) groups excluding carboxylic acids is 2. The van der Waals surface area contributed by atoms with Gasteiger partial charge < -0.3 is 10.2 Å². The lowest BCUT2D eigenvalue weighted by atomic mass is 9.76.